The van der Waals surface area contributed by atoms with Crippen LogP contribution in [0.1, 0.15) is 30.1 Å². The molecule has 7 heteroatoms. The fourth-order valence-corrected chi connectivity index (χ4v) is 2.93. The number of hydrogen-bond donors (Lipinski definition) is 1. The third-order valence-corrected chi connectivity index (χ3v) is 4.25. The van der Waals surface area contributed by atoms with Gasteiger partial charge in [-0.2, -0.15) is 0 Å². The van der Waals surface area contributed by atoms with Crippen LogP contribution in [0.25, 0.3) is 0 Å². The summed E-state index contributed by atoms with van der Waals surface area (Å²) in [6.07, 6.45) is 1.45. The Labute approximate surface area is 163 Å². The van der Waals surface area contributed by atoms with E-state index < -0.39 is 5.97 Å². The summed E-state index contributed by atoms with van der Waals surface area (Å²) in [6.45, 7) is 2.57. The Balaban J connectivity index is 1.52. The first-order valence-corrected chi connectivity index (χ1v) is 9.17. The summed E-state index contributed by atoms with van der Waals surface area (Å²) >= 11 is 0. The molecule has 0 aromatic heterocycles. The molecule has 0 aliphatic carbocycles. The number of carbonyl (C=O) groups excluding carboxylic acids is 3. The van der Waals surface area contributed by atoms with E-state index in [1.807, 2.05) is 0 Å². The summed E-state index contributed by atoms with van der Waals surface area (Å²) in [5.74, 6) is -0.129. The summed E-state index contributed by atoms with van der Waals surface area (Å²) in [5.41, 5.74) is 1.68. The normalized spacial score (nSPS) is 13.3. The molecule has 1 aliphatic rings. The monoisotopic (exact) mass is 382 g/mol. The van der Waals surface area contributed by atoms with Crippen LogP contribution in [0.4, 0.5) is 11.4 Å². The highest BCUT2D eigenvalue weighted by molar-refractivity contribution is 5.96. The summed E-state index contributed by atoms with van der Waals surface area (Å²) in [6, 6.07) is 13.6. The van der Waals surface area contributed by atoms with Crippen LogP contribution in [0.2, 0.25) is 0 Å². The Morgan fingerprint density at radius 2 is 1.93 bits per heavy atom. The van der Waals surface area contributed by atoms with Crippen molar-refractivity contribution in [1.82, 2.24) is 0 Å². The average Bonchev–Trinajstić information content (AvgIpc) is 3.13. The van der Waals surface area contributed by atoms with Gasteiger partial charge in [0.15, 0.2) is 6.61 Å². The number of benzene rings is 2. The van der Waals surface area contributed by atoms with Crippen molar-refractivity contribution in [2.24, 2.45) is 0 Å². The van der Waals surface area contributed by atoms with E-state index in [1.54, 1.807) is 60.4 Å². The zero-order valence-corrected chi connectivity index (χ0v) is 15.6. The lowest BCUT2D eigenvalue weighted by molar-refractivity contribution is -0.118. The van der Waals surface area contributed by atoms with Gasteiger partial charge >= 0.3 is 5.97 Å². The van der Waals surface area contributed by atoms with Crippen LogP contribution in [0.5, 0.6) is 5.75 Å². The van der Waals surface area contributed by atoms with Gasteiger partial charge in [-0.15, -0.1) is 0 Å². The molecule has 1 aliphatic heterocycles. The minimum atomic E-state index is -0.438. The lowest BCUT2D eigenvalue weighted by Gasteiger charge is -2.16. The third kappa shape index (κ3) is 4.88. The SMILES string of the molecule is CCOC(=O)c1cccc(NC(=O)COc2ccc(N3CCCC3=O)cc2)c1. The highest BCUT2D eigenvalue weighted by Gasteiger charge is 2.21. The van der Waals surface area contributed by atoms with E-state index in [-0.39, 0.29) is 25.0 Å². The van der Waals surface area contributed by atoms with Crippen molar-refractivity contribution >= 4 is 29.2 Å². The number of hydrogen-bond acceptors (Lipinski definition) is 5. The predicted molar refractivity (Wildman–Crippen MR) is 105 cm³/mol. The molecule has 1 saturated heterocycles. The van der Waals surface area contributed by atoms with E-state index in [4.69, 9.17) is 9.47 Å². The predicted octanol–water partition coefficient (Wildman–Crippen LogP) is 3.01. The second kappa shape index (κ2) is 9.03. The molecular formula is C21H22N2O5. The van der Waals surface area contributed by atoms with Gasteiger partial charge < -0.3 is 19.7 Å². The van der Waals surface area contributed by atoms with Crippen molar-refractivity contribution in [3.05, 3.63) is 54.1 Å². The topological polar surface area (TPSA) is 84.9 Å². The number of rotatable bonds is 7. The first-order valence-electron chi connectivity index (χ1n) is 9.17. The number of ether oxygens (including phenoxy) is 2. The number of nitrogens with one attached hydrogen (secondary N) is 1. The molecule has 146 valence electrons. The maximum Gasteiger partial charge on any atom is 0.338 e. The molecule has 28 heavy (non-hydrogen) atoms. The van der Waals surface area contributed by atoms with Gasteiger partial charge in [-0.3, -0.25) is 9.59 Å². The maximum absolute atomic E-state index is 12.1. The quantitative estimate of drug-likeness (QED) is 0.744. The fraction of sp³-hybridized carbons (Fsp3) is 0.286. The van der Waals surface area contributed by atoms with E-state index in [9.17, 15) is 14.4 Å². The highest BCUT2D eigenvalue weighted by atomic mass is 16.5. The maximum atomic E-state index is 12.1. The first-order chi connectivity index (χ1) is 13.6. The summed E-state index contributed by atoms with van der Waals surface area (Å²) in [4.78, 5) is 37.4. The number of carbonyl (C=O) groups is 3. The highest BCUT2D eigenvalue weighted by Crippen LogP contribution is 2.24. The molecule has 7 nitrogen and oxygen atoms in total. The molecule has 2 aromatic rings. The van der Waals surface area contributed by atoms with Crippen LogP contribution >= 0.6 is 0 Å². The lowest BCUT2D eigenvalue weighted by Crippen LogP contribution is -2.23. The van der Waals surface area contributed by atoms with Gasteiger partial charge in [-0.25, -0.2) is 4.79 Å². The molecule has 0 bridgehead atoms. The Morgan fingerprint density at radius 1 is 1.14 bits per heavy atom. The molecule has 1 N–H and O–H groups in total. The third-order valence-electron chi connectivity index (χ3n) is 4.25. The van der Waals surface area contributed by atoms with Gasteiger partial charge in [0.2, 0.25) is 5.91 Å². The van der Waals surface area contributed by atoms with Gasteiger partial charge in [-0.1, -0.05) is 6.07 Å². The number of amides is 2. The van der Waals surface area contributed by atoms with Crippen LogP contribution in [0.15, 0.2) is 48.5 Å². The number of esters is 1. The Hall–Kier alpha value is -3.35. The van der Waals surface area contributed by atoms with E-state index in [2.05, 4.69) is 5.32 Å². The van der Waals surface area contributed by atoms with Crippen molar-refractivity contribution in [2.75, 3.05) is 30.0 Å². The van der Waals surface area contributed by atoms with E-state index in [0.29, 0.717) is 23.4 Å². The van der Waals surface area contributed by atoms with Gasteiger partial charge in [0.05, 0.1) is 12.2 Å². The van der Waals surface area contributed by atoms with Crippen LogP contribution in [-0.4, -0.2) is 37.5 Å². The molecule has 3 rings (SSSR count). The summed E-state index contributed by atoms with van der Waals surface area (Å²) in [7, 11) is 0. The second-order valence-corrected chi connectivity index (χ2v) is 6.28. The Bertz CT molecular complexity index is 863. The fourth-order valence-electron chi connectivity index (χ4n) is 2.93. The lowest BCUT2D eigenvalue weighted by atomic mass is 10.2. The van der Waals surface area contributed by atoms with Crippen LogP contribution in [0.3, 0.4) is 0 Å². The van der Waals surface area contributed by atoms with Crippen LogP contribution < -0.4 is 15.0 Å². The van der Waals surface area contributed by atoms with Crippen molar-refractivity contribution in [3.8, 4) is 5.75 Å². The van der Waals surface area contributed by atoms with E-state index in [1.165, 1.54) is 0 Å². The molecule has 2 aromatic carbocycles. The van der Waals surface area contributed by atoms with Crippen molar-refractivity contribution in [1.29, 1.82) is 0 Å². The molecular weight excluding hydrogens is 360 g/mol. The minimum absolute atomic E-state index is 0.123. The zero-order valence-electron chi connectivity index (χ0n) is 15.6. The molecule has 2 amide bonds. The number of nitrogens with zero attached hydrogens (tertiary/aromatic N) is 1. The first kappa shape index (κ1) is 19.4. The molecule has 0 saturated carbocycles. The van der Waals surface area contributed by atoms with Crippen LogP contribution in [0, 0.1) is 0 Å². The molecule has 0 spiro atoms. The Morgan fingerprint density at radius 3 is 2.61 bits per heavy atom. The van der Waals surface area contributed by atoms with Gasteiger partial charge in [0.1, 0.15) is 5.75 Å². The molecule has 0 atom stereocenters. The number of anilines is 2. The van der Waals surface area contributed by atoms with Crippen molar-refractivity contribution < 1.29 is 23.9 Å². The van der Waals surface area contributed by atoms with Gasteiger partial charge in [0, 0.05) is 24.3 Å². The van der Waals surface area contributed by atoms with Gasteiger partial charge in [-0.05, 0) is 55.8 Å². The molecule has 1 fully saturated rings. The van der Waals surface area contributed by atoms with Crippen molar-refractivity contribution in [2.45, 2.75) is 19.8 Å². The van der Waals surface area contributed by atoms with Gasteiger partial charge in [0.25, 0.3) is 5.91 Å². The molecule has 1 heterocycles. The molecule has 0 unspecified atom stereocenters. The average molecular weight is 382 g/mol. The largest absolute Gasteiger partial charge is 0.484 e. The minimum Gasteiger partial charge on any atom is -0.484 e. The Kier molecular flexibility index (Phi) is 6.26. The second-order valence-electron chi connectivity index (χ2n) is 6.28. The van der Waals surface area contributed by atoms with Crippen LogP contribution in [-0.2, 0) is 14.3 Å². The van der Waals surface area contributed by atoms with E-state index >= 15 is 0 Å². The zero-order chi connectivity index (χ0) is 19.9. The standard InChI is InChI=1S/C21H22N2O5/c1-2-27-21(26)15-5-3-6-16(13-15)22-19(24)14-28-18-10-8-17(9-11-18)23-12-4-7-20(23)25/h3,5-6,8-11,13H,2,4,7,12,14H2,1H3,(H,22,24). The summed E-state index contributed by atoms with van der Waals surface area (Å²) < 4.78 is 10.4. The summed E-state index contributed by atoms with van der Waals surface area (Å²) in [5, 5.41) is 2.69. The smallest absolute Gasteiger partial charge is 0.338 e. The van der Waals surface area contributed by atoms with Crippen molar-refractivity contribution in [3.63, 3.8) is 0 Å². The van der Waals surface area contributed by atoms with E-state index in [0.717, 1.165) is 18.7 Å². The molecule has 0 radical (unpaired) electrons.